The number of aromatic nitrogens is 4. The number of hydrogen-bond donors (Lipinski definition) is 0. The summed E-state index contributed by atoms with van der Waals surface area (Å²) in [5.74, 6) is 1.34. The molecule has 1 aliphatic heterocycles. The van der Waals surface area contributed by atoms with E-state index >= 15 is 0 Å². The second kappa shape index (κ2) is 10.7. The number of ether oxygens (including phenoxy) is 2. The molecular weight excluding hydrogens is 454 g/mol. The SMILES string of the molecule is CCc1cc(CC)cc(Oc2cccc(-c3c(C)nnn3C3CCN(C(=O)OC(C)(C)C)CC3)n2)c1. The molecule has 1 fully saturated rings. The third-order valence-electron chi connectivity index (χ3n) is 6.36. The highest BCUT2D eigenvalue weighted by Crippen LogP contribution is 2.31. The van der Waals surface area contributed by atoms with Gasteiger partial charge in [-0.05, 0) is 82.7 Å². The van der Waals surface area contributed by atoms with Crippen LogP contribution in [0.3, 0.4) is 0 Å². The van der Waals surface area contributed by atoms with E-state index < -0.39 is 5.60 Å². The summed E-state index contributed by atoms with van der Waals surface area (Å²) in [5.41, 5.74) is 4.46. The van der Waals surface area contributed by atoms with Gasteiger partial charge in [0.1, 0.15) is 17.0 Å². The predicted molar refractivity (Wildman–Crippen MR) is 139 cm³/mol. The molecule has 0 saturated carbocycles. The van der Waals surface area contributed by atoms with Gasteiger partial charge in [0.2, 0.25) is 5.88 Å². The Kier molecular flexibility index (Phi) is 7.62. The van der Waals surface area contributed by atoms with Gasteiger partial charge in [-0.3, -0.25) is 0 Å². The van der Waals surface area contributed by atoms with Crippen molar-refractivity contribution in [1.29, 1.82) is 0 Å². The highest BCUT2D eigenvalue weighted by Gasteiger charge is 2.30. The first-order chi connectivity index (χ1) is 17.2. The number of carbonyl (C=O) groups excluding carboxylic acids is 1. The molecule has 8 nitrogen and oxygen atoms in total. The maximum atomic E-state index is 12.5. The quantitative estimate of drug-likeness (QED) is 0.412. The lowest BCUT2D eigenvalue weighted by Crippen LogP contribution is -2.42. The number of rotatable bonds is 6. The zero-order chi connectivity index (χ0) is 25.9. The van der Waals surface area contributed by atoms with Crippen LogP contribution in [0.25, 0.3) is 11.4 Å². The molecule has 0 radical (unpaired) electrons. The first-order valence-electron chi connectivity index (χ1n) is 12.8. The molecule has 3 aromatic rings. The Morgan fingerprint density at radius 3 is 2.33 bits per heavy atom. The van der Waals surface area contributed by atoms with E-state index in [1.165, 1.54) is 11.1 Å². The average molecular weight is 492 g/mol. The van der Waals surface area contributed by atoms with Crippen LogP contribution in [-0.2, 0) is 17.6 Å². The lowest BCUT2D eigenvalue weighted by molar-refractivity contribution is 0.0185. The van der Waals surface area contributed by atoms with E-state index in [1.807, 2.05) is 50.6 Å². The molecule has 0 N–H and O–H groups in total. The third-order valence-corrected chi connectivity index (χ3v) is 6.36. The number of piperidine rings is 1. The molecule has 2 aromatic heterocycles. The Labute approximate surface area is 213 Å². The van der Waals surface area contributed by atoms with Gasteiger partial charge in [-0.25, -0.2) is 14.5 Å². The molecule has 8 heteroatoms. The Bertz CT molecular complexity index is 1180. The normalized spacial score (nSPS) is 14.7. The highest BCUT2D eigenvalue weighted by atomic mass is 16.6. The first kappa shape index (κ1) is 25.7. The maximum Gasteiger partial charge on any atom is 0.410 e. The van der Waals surface area contributed by atoms with Gasteiger partial charge in [-0.2, -0.15) is 0 Å². The minimum Gasteiger partial charge on any atom is -0.444 e. The average Bonchev–Trinajstić information content (AvgIpc) is 3.24. The Morgan fingerprint density at radius 1 is 1.06 bits per heavy atom. The fraction of sp³-hybridized carbons (Fsp3) is 0.500. The summed E-state index contributed by atoms with van der Waals surface area (Å²) >= 11 is 0. The van der Waals surface area contributed by atoms with Crippen molar-refractivity contribution in [2.75, 3.05) is 13.1 Å². The summed E-state index contributed by atoms with van der Waals surface area (Å²) in [6, 6.07) is 12.3. The van der Waals surface area contributed by atoms with Gasteiger partial charge >= 0.3 is 6.09 Å². The fourth-order valence-electron chi connectivity index (χ4n) is 4.47. The summed E-state index contributed by atoms with van der Waals surface area (Å²) in [6.07, 6.45) is 3.19. The Balaban J connectivity index is 1.52. The molecule has 1 aliphatic rings. The van der Waals surface area contributed by atoms with Crippen LogP contribution >= 0.6 is 0 Å². The minimum absolute atomic E-state index is 0.125. The number of hydrogen-bond acceptors (Lipinski definition) is 6. The van der Waals surface area contributed by atoms with E-state index in [4.69, 9.17) is 14.5 Å². The van der Waals surface area contributed by atoms with Crippen LogP contribution in [0, 0.1) is 6.92 Å². The van der Waals surface area contributed by atoms with Crippen LogP contribution in [0.2, 0.25) is 0 Å². The van der Waals surface area contributed by atoms with Crippen molar-refractivity contribution in [2.24, 2.45) is 0 Å². The molecule has 36 heavy (non-hydrogen) atoms. The fourth-order valence-corrected chi connectivity index (χ4v) is 4.47. The number of likely N-dealkylation sites (tertiary alicyclic amines) is 1. The summed E-state index contributed by atoms with van der Waals surface area (Å²) in [5, 5.41) is 8.81. The van der Waals surface area contributed by atoms with Crippen LogP contribution in [0.15, 0.2) is 36.4 Å². The van der Waals surface area contributed by atoms with Crippen LogP contribution in [0.5, 0.6) is 11.6 Å². The Morgan fingerprint density at radius 2 is 1.72 bits per heavy atom. The van der Waals surface area contributed by atoms with Crippen molar-refractivity contribution in [3.63, 3.8) is 0 Å². The van der Waals surface area contributed by atoms with E-state index in [2.05, 4.69) is 42.4 Å². The monoisotopic (exact) mass is 491 g/mol. The summed E-state index contributed by atoms with van der Waals surface area (Å²) < 4.78 is 13.7. The van der Waals surface area contributed by atoms with Crippen LogP contribution in [0.1, 0.15) is 70.3 Å². The van der Waals surface area contributed by atoms with E-state index in [-0.39, 0.29) is 12.1 Å². The van der Waals surface area contributed by atoms with Gasteiger partial charge in [0.15, 0.2) is 0 Å². The second-order valence-corrected chi connectivity index (χ2v) is 10.3. The molecule has 0 bridgehead atoms. The smallest absolute Gasteiger partial charge is 0.410 e. The number of carbonyl (C=O) groups is 1. The zero-order valence-electron chi connectivity index (χ0n) is 22.2. The van der Waals surface area contributed by atoms with Crippen molar-refractivity contribution in [2.45, 2.75) is 78.9 Å². The van der Waals surface area contributed by atoms with E-state index in [9.17, 15) is 4.79 Å². The molecule has 1 amide bonds. The molecule has 1 saturated heterocycles. The first-order valence-corrected chi connectivity index (χ1v) is 12.8. The predicted octanol–water partition coefficient (Wildman–Crippen LogP) is 6.14. The molecule has 192 valence electrons. The van der Waals surface area contributed by atoms with Gasteiger partial charge in [0.05, 0.1) is 17.4 Å². The largest absolute Gasteiger partial charge is 0.444 e. The van der Waals surface area contributed by atoms with Crippen molar-refractivity contribution in [3.05, 3.63) is 53.2 Å². The van der Waals surface area contributed by atoms with Crippen molar-refractivity contribution in [3.8, 4) is 23.0 Å². The van der Waals surface area contributed by atoms with E-state index in [1.54, 1.807) is 4.90 Å². The van der Waals surface area contributed by atoms with Crippen LogP contribution in [0.4, 0.5) is 4.79 Å². The number of pyridine rings is 1. The Hall–Kier alpha value is -3.42. The van der Waals surface area contributed by atoms with Gasteiger partial charge in [-0.1, -0.05) is 31.2 Å². The lowest BCUT2D eigenvalue weighted by Gasteiger charge is -2.33. The van der Waals surface area contributed by atoms with Crippen molar-refractivity contribution in [1.82, 2.24) is 24.9 Å². The van der Waals surface area contributed by atoms with Crippen molar-refractivity contribution >= 4 is 6.09 Å². The summed E-state index contributed by atoms with van der Waals surface area (Å²) in [6.45, 7) is 13.1. The second-order valence-electron chi connectivity index (χ2n) is 10.3. The molecule has 0 aliphatic carbocycles. The highest BCUT2D eigenvalue weighted by molar-refractivity contribution is 5.68. The van der Waals surface area contributed by atoms with E-state index in [0.29, 0.717) is 19.0 Å². The van der Waals surface area contributed by atoms with Crippen LogP contribution < -0.4 is 4.74 Å². The number of nitrogens with zero attached hydrogens (tertiary/aromatic N) is 5. The molecule has 0 atom stereocenters. The lowest BCUT2D eigenvalue weighted by atomic mass is 10.0. The topological polar surface area (TPSA) is 82.4 Å². The molecule has 0 unspecified atom stereocenters. The zero-order valence-corrected chi connectivity index (χ0v) is 22.2. The maximum absolute atomic E-state index is 12.5. The number of amides is 1. The van der Waals surface area contributed by atoms with Gasteiger partial charge in [-0.15, -0.1) is 5.10 Å². The van der Waals surface area contributed by atoms with Gasteiger partial charge in [0.25, 0.3) is 0 Å². The van der Waals surface area contributed by atoms with Crippen LogP contribution in [-0.4, -0.2) is 49.7 Å². The summed E-state index contributed by atoms with van der Waals surface area (Å²) in [4.78, 5) is 19.0. The van der Waals surface area contributed by atoms with E-state index in [0.717, 1.165) is 48.5 Å². The number of aryl methyl sites for hydroxylation is 3. The number of benzene rings is 1. The molecule has 0 spiro atoms. The molecule has 3 heterocycles. The minimum atomic E-state index is -0.501. The molecular formula is C28H37N5O3. The molecule has 1 aromatic carbocycles. The molecule has 4 rings (SSSR count). The summed E-state index contributed by atoms with van der Waals surface area (Å²) in [7, 11) is 0. The third kappa shape index (κ3) is 6.04. The van der Waals surface area contributed by atoms with Crippen molar-refractivity contribution < 1.29 is 14.3 Å². The van der Waals surface area contributed by atoms with Gasteiger partial charge < -0.3 is 14.4 Å². The standard InChI is InChI=1S/C28H37N5O3/c1-7-20-16-21(8-2)18-23(17-20)35-25-11-9-10-24(29-25)26-19(3)30-31-33(26)22-12-14-32(15-13-22)27(34)36-28(4,5)6/h9-11,16-18,22H,7-8,12-15H2,1-6H3. The van der Waals surface area contributed by atoms with Gasteiger partial charge in [0, 0.05) is 19.2 Å².